The number of ether oxygens (including phenoxy) is 2. The molecule has 2 amide bonds. The maximum Gasteiger partial charge on any atom is 0.278 e. The van der Waals surface area contributed by atoms with E-state index in [-0.39, 0.29) is 24.2 Å². The molecule has 9 nitrogen and oxygen atoms in total. The molecule has 0 unspecified atom stereocenters. The van der Waals surface area contributed by atoms with Crippen LogP contribution in [0.5, 0.6) is 11.5 Å². The number of nitrogens with two attached hydrogens (primary N) is 1. The quantitative estimate of drug-likeness (QED) is 0.636. The third kappa shape index (κ3) is 3.54. The highest BCUT2D eigenvalue weighted by atomic mass is 16.7. The van der Waals surface area contributed by atoms with Crippen LogP contribution in [0.25, 0.3) is 0 Å². The molecule has 0 aliphatic carbocycles. The smallest absolute Gasteiger partial charge is 0.278 e. The lowest BCUT2D eigenvalue weighted by molar-refractivity contribution is 0.101. The molecule has 140 valence electrons. The van der Waals surface area contributed by atoms with Crippen LogP contribution in [0.15, 0.2) is 54.9 Å². The van der Waals surface area contributed by atoms with Crippen LogP contribution in [0.4, 0.5) is 17.2 Å². The van der Waals surface area contributed by atoms with Crippen molar-refractivity contribution in [3.63, 3.8) is 0 Å². The van der Waals surface area contributed by atoms with Gasteiger partial charge in [0.25, 0.3) is 11.8 Å². The van der Waals surface area contributed by atoms with Crippen molar-refractivity contribution < 1.29 is 19.1 Å². The van der Waals surface area contributed by atoms with Crippen molar-refractivity contribution >= 4 is 29.0 Å². The van der Waals surface area contributed by atoms with Crippen LogP contribution in [-0.4, -0.2) is 28.6 Å². The molecule has 0 spiro atoms. The summed E-state index contributed by atoms with van der Waals surface area (Å²) in [7, 11) is 0. The van der Waals surface area contributed by atoms with Crippen molar-refractivity contribution in [1.82, 2.24) is 9.97 Å². The SMILES string of the molecule is Nc1nccnc1C(=O)Nc1cccc(NC(=O)c2ccc3c(c2)OCO3)c1. The van der Waals surface area contributed by atoms with Gasteiger partial charge in [-0.1, -0.05) is 6.07 Å². The van der Waals surface area contributed by atoms with E-state index in [4.69, 9.17) is 15.2 Å². The standard InChI is InChI=1S/C19H15N5O4/c20-17-16(21-6-7-22-17)19(26)24-13-3-1-2-12(9-13)23-18(25)11-4-5-14-15(8-11)28-10-27-14/h1-9H,10H2,(H2,20,22)(H,23,25)(H,24,26). The van der Waals surface area contributed by atoms with E-state index in [1.165, 1.54) is 12.4 Å². The average molecular weight is 377 g/mol. The molecule has 2 heterocycles. The topological polar surface area (TPSA) is 128 Å². The Morgan fingerprint density at radius 1 is 0.893 bits per heavy atom. The fourth-order valence-corrected chi connectivity index (χ4v) is 2.63. The Morgan fingerprint density at radius 2 is 1.61 bits per heavy atom. The third-order valence-corrected chi connectivity index (χ3v) is 3.95. The Bertz CT molecular complexity index is 1070. The van der Waals surface area contributed by atoms with E-state index in [2.05, 4.69) is 20.6 Å². The van der Waals surface area contributed by atoms with Gasteiger partial charge in [0.15, 0.2) is 23.0 Å². The molecule has 1 aliphatic heterocycles. The van der Waals surface area contributed by atoms with E-state index in [1.807, 2.05) is 0 Å². The Balaban J connectivity index is 1.47. The lowest BCUT2D eigenvalue weighted by atomic mass is 10.2. The molecule has 9 heteroatoms. The first kappa shape index (κ1) is 17.3. The number of rotatable bonds is 4. The number of aromatic nitrogens is 2. The van der Waals surface area contributed by atoms with E-state index in [9.17, 15) is 9.59 Å². The van der Waals surface area contributed by atoms with Crippen molar-refractivity contribution in [2.24, 2.45) is 0 Å². The van der Waals surface area contributed by atoms with Gasteiger partial charge in [-0.05, 0) is 36.4 Å². The van der Waals surface area contributed by atoms with Gasteiger partial charge in [-0.15, -0.1) is 0 Å². The van der Waals surface area contributed by atoms with Crippen molar-refractivity contribution in [2.45, 2.75) is 0 Å². The van der Waals surface area contributed by atoms with Crippen LogP contribution in [-0.2, 0) is 0 Å². The molecule has 4 N–H and O–H groups in total. The van der Waals surface area contributed by atoms with E-state index in [1.54, 1.807) is 42.5 Å². The van der Waals surface area contributed by atoms with E-state index in [0.717, 1.165) is 0 Å². The summed E-state index contributed by atoms with van der Waals surface area (Å²) in [6.45, 7) is 0.137. The van der Waals surface area contributed by atoms with Gasteiger partial charge in [-0.25, -0.2) is 9.97 Å². The monoisotopic (exact) mass is 377 g/mol. The molecule has 0 radical (unpaired) electrons. The molecular formula is C19H15N5O4. The number of carbonyl (C=O) groups is 2. The fourth-order valence-electron chi connectivity index (χ4n) is 2.63. The molecule has 1 aliphatic rings. The van der Waals surface area contributed by atoms with Crippen LogP contribution in [0, 0.1) is 0 Å². The Hall–Kier alpha value is -4.14. The minimum atomic E-state index is -0.496. The molecule has 0 fully saturated rings. The third-order valence-electron chi connectivity index (χ3n) is 3.95. The fraction of sp³-hybridized carbons (Fsp3) is 0.0526. The summed E-state index contributed by atoms with van der Waals surface area (Å²) in [4.78, 5) is 32.5. The van der Waals surface area contributed by atoms with Crippen molar-refractivity contribution in [3.8, 4) is 11.5 Å². The number of anilines is 3. The van der Waals surface area contributed by atoms with Crippen molar-refractivity contribution in [2.75, 3.05) is 23.2 Å². The number of fused-ring (bicyclic) bond motifs is 1. The number of hydrogen-bond acceptors (Lipinski definition) is 7. The lowest BCUT2D eigenvalue weighted by Gasteiger charge is -2.09. The predicted molar refractivity (Wildman–Crippen MR) is 101 cm³/mol. The number of benzene rings is 2. The second-order valence-corrected chi connectivity index (χ2v) is 5.85. The first-order valence-corrected chi connectivity index (χ1v) is 8.29. The average Bonchev–Trinajstić information content (AvgIpc) is 3.16. The summed E-state index contributed by atoms with van der Waals surface area (Å²) in [5.41, 5.74) is 7.09. The zero-order chi connectivity index (χ0) is 19.5. The molecule has 0 atom stereocenters. The zero-order valence-corrected chi connectivity index (χ0v) is 14.5. The first-order valence-electron chi connectivity index (χ1n) is 8.29. The summed E-state index contributed by atoms with van der Waals surface area (Å²) in [5, 5.41) is 5.45. The highest BCUT2D eigenvalue weighted by Gasteiger charge is 2.17. The van der Waals surface area contributed by atoms with Gasteiger partial charge in [-0.3, -0.25) is 9.59 Å². The summed E-state index contributed by atoms with van der Waals surface area (Å²) in [5.74, 6) is 0.344. The van der Waals surface area contributed by atoms with E-state index < -0.39 is 5.91 Å². The first-order chi connectivity index (χ1) is 13.6. The minimum Gasteiger partial charge on any atom is -0.454 e. The highest BCUT2D eigenvalue weighted by Crippen LogP contribution is 2.32. The summed E-state index contributed by atoms with van der Waals surface area (Å²) in [6, 6.07) is 11.6. The maximum absolute atomic E-state index is 12.5. The van der Waals surface area contributed by atoms with Crippen LogP contribution < -0.4 is 25.8 Å². The number of hydrogen-bond donors (Lipinski definition) is 3. The van der Waals surface area contributed by atoms with E-state index in [0.29, 0.717) is 28.4 Å². The van der Waals surface area contributed by atoms with Crippen molar-refractivity contribution in [3.05, 3.63) is 66.1 Å². The van der Waals surface area contributed by atoms with Crippen LogP contribution in [0.3, 0.4) is 0 Å². The van der Waals surface area contributed by atoms with Gasteiger partial charge in [0.1, 0.15) is 0 Å². The predicted octanol–water partition coefficient (Wildman–Crippen LogP) is 2.29. The summed E-state index contributed by atoms with van der Waals surface area (Å²) < 4.78 is 10.5. The van der Waals surface area contributed by atoms with Gasteiger partial charge in [-0.2, -0.15) is 0 Å². The van der Waals surface area contributed by atoms with Gasteiger partial charge in [0.2, 0.25) is 6.79 Å². The molecule has 4 rings (SSSR count). The number of amides is 2. The Labute approximate surface area is 159 Å². The molecule has 3 aromatic rings. The normalized spacial score (nSPS) is 11.7. The van der Waals surface area contributed by atoms with Gasteiger partial charge in [0.05, 0.1) is 0 Å². The largest absolute Gasteiger partial charge is 0.454 e. The van der Waals surface area contributed by atoms with Crippen LogP contribution >= 0.6 is 0 Å². The van der Waals surface area contributed by atoms with Crippen LogP contribution in [0.2, 0.25) is 0 Å². The second-order valence-electron chi connectivity index (χ2n) is 5.85. The van der Waals surface area contributed by atoms with Gasteiger partial charge < -0.3 is 25.8 Å². The summed E-state index contributed by atoms with van der Waals surface area (Å²) >= 11 is 0. The molecule has 0 saturated heterocycles. The number of carbonyl (C=O) groups excluding carboxylic acids is 2. The van der Waals surface area contributed by atoms with Gasteiger partial charge in [0, 0.05) is 29.3 Å². The molecule has 0 bridgehead atoms. The number of nitrogens with one attached hydrogen (secondary N) is 2. The molecule has 28 heavy (non-hydrogen) atoms. The van der Waals surface area contributed by atoms with Gasteiger partial charge >= 0.3 is 0 Å². The highest BCUT2D eigenvalue weighted by molar-refractivity contribution is 6.07. The number of nitrogen functional groups attached to an aromatic ring is 1. The molecule has 0 saturated carbocycles. The minimum absolute atomic E-state index is 0.0253. The zero-order valence-electron chi connectivity index (χ0n) is 14.5. The Morgan fingerprint density at radius 3 is 2.39 bits per heavy atom. The van der Waals surface area contributed by atoms with Crippen LogP contribution in [0.1, 0.15) is 20.8 Å². The lowest BCUT2D eigenvalue weighted by Crippen LogP contribution is -2.17. The molecule has 1 aromatic heterocycles. The molecular weight excluding hydrogens is 362 g/mol. The Kier molecular flexibility index (Phi) is 4.47. The summed E-state index contributed by atoms with van der Waals surface area (Å²) in [6.07, 6.45) is 2.78. The second kappa shape index (κ2) is 7.23. The van der Waals surface area contributed by atoms with E-state index >= 15 is 0 Å². The van der Waals surface area contributed by atoms with Crippen molar-refractivity contribution in [1.29, 1.82) is 0 Å². The number of nitrogens with zero attached hydrogens (tertiary/aromatic N) is 2. The molecule has 2 aromatic carbocycles. The maximum atomic E-state index is 12.5.